The zero-order chi connectivity index (χ0) is 13.0. The quantitative estimate of drug-likeness (QED) is 0.912. The van der Waals surface area contributed by atoms with Gasteiger partial charge >= 0.3 is 0 Å². The number of hydrogen-bond donors (Lipinski definition) is 1. The molecule has 0 amide bonds. The van der Waals surface area contributed by atoms with Gasteiger partial charge in [0, 0.05) is 12.6 Å². The molecule has 1 aromatic rings. The van der Waals surface area contributed by atoms with Gasteiger partial charge in [0.1, 0.15) is 12.4 Å². The minimum absolute atomic E-state index is 0.0155. The number of ether oxygens (including phenoxy) is 2. The van der Waals surface area contributed by atoms with E-state index in [0.717, 1.165) is 25.0 Å². The molecule has 2 N–H and O–H groups in total. The van der Waals surface area contributed by atoms with Crippen molar-refractivity contribution in [2.75, 3.05) is 13.2 Å². The second kappa shape index (κ2) is 6.41. The molecule has 0 spiro atoms. The lowest BCUT2D eigenvalue weighted by Crippen LogP contribution is -2.25. The van der Waals surface area contributed by atoms with Crippen LogP contribution in [0.25, 0.3) is 0 Å². The van der Waals surface area contributed by atoms with E-state index < -0.39 is 0 Å². The van der Waals surface area contributed by atoms with Crippen molar-refractivity contribution in [2.45, 2.75) is 38.3 Å². The van der Waals surface area contributed by atoms with Gasteiger partial charge in [0.25, 0.3) is 0 Å². The lowest BCUT2D eigenvalue weighted by molar-refractivity contribution is -0.0110. The zero-order valence-electron chi connectivity index (χ0n) is 10.7. The molecule has 3 nitrogen and oxygen atoms in total. The van der Waals surface area contributed by atoms with Crippen molar-refractivity contribution in [3.8, 4) is 5.75 Å². The Morgan fingerprint density at radius 3 is 2.94 bits per heavy atom. The van der Waals surface area contributed by atoms with E-state index in [1.165, 1.54) is 6.42 Å². The third-order valence-electron chi connectivity index (χ3n) is 3.18. The van der Waals surface area contributed by atoms with Crippen LogP contribution in [0.15, 0.2) is 18.2 Å². The minimum atomic E-state index is -0.0155. The molecule has 1 aliphatic rings. The predicted molar refractivity (Wildman–Crippen MR) is 73.1 cm³/mol. The monoisotopic (exact) mass is 269 g/mol. The highest BCUT2D eigenvalue weighted by Crippen LogP contribution is 2.28. The normalized spacial score (nSPS) is 21.6. The maximum absolute atomic E-state index is 6.17. The summed E-state index contributed by atoms with van der Waals surface area (Å²) in [6.07, 6.45) is 3.63. The first kappa shape index (κ1) is 13.7. The van der Waals surface area contributed by atoms with Gasteiger partial charge in [-0.1, -0.05) is 17.7 Å². The molecule has 4 heteroatoms. The predicted octanol–water partition coefficient (Wildman–Crippen LogP) is 3.31. The second-order valence-electron chi connectivity index (χ2n) is 4.78. The first-order valence-corrected chi connectivity index (χ1v) is 6.84. The summed E-state index contributed by atoms with van der Waals surface area (Å²) in [4.78, 5) is 0. The number of hydrogen-bond acceptors (Lipinski definition) is 3. The molecule has 1 aliphatic heterocycles. The van der Waals surface area contributed by atoms with E-state index in [4.69, 9.17) is 26.8 Å². The Bertz CT molecular complexity index is 389. The molecule has 2 atom stereocenters. The Balaban J connectivity index is 1.92. The van der Waals surface area contributed by atoms with Gasteiger partial charge in [0.05, 0.1) is 11.1 Å². The van der Waals surface area contributed by atoms with Gasteiger partial charge in [0.2, 0.25) is 0 Å². The summed E-state index contributed by atoms with van der Waals surface area (Å²) in [6.45, 7) is 3.34. The highest BCUT2D eigenvalue weighted by atomic mass is 35.5. The SMILES string of the molecule is C[C@@H](N)c1ccc(OCC2CCCCO2)c(Cl)c1. The van der Waals surface area contributed by atoms with Gasteiger partial charge in [0.15, 0.2) is 0 Å². The molecule has 0 aromatic heterocycles. The molecular weight excluding hydrogens is 250 g/mol. The van der Waals surface area contributed by atoms with Crippen LogP contribution in [0.2, 0.25) is 5.02 Å². The molecule has 2 rings (SSSR count). The fourth-order valence-electron chi connectivity index (χ4n) is 2.04. The summed E-state index contributed by atoms with van der Waals surface area (Å²) in [5.74, 6) is 0.704. The third-order valence-corrected chi connectivity index (χ3v) is 3.48. The van der Waals surface area contributed by atoms with Crippen LogP contribution in [0.5, 0.6) is 5.75 Å². The number of rotatable bonds is 4. The van der Waals surface area contributed by atoms with Gasteiger partial charge in [-0.25, -0.2) is 0 Å². The van der Waals surface area contributed by atoms with Gasteiger partial charge in [-0.3, -0.25) is 0 Å². The fraction of sp³-hybridized carbons (Fsp3) is 0.571. The highest BCUT2D eigenvalue weighted by Gasteiger charge is 2.15. The molecule has 18 heavy (non-hydrogen) atoms. The Labute approximate surface area is 113 Å². The van der Waals surface area contributed by atoms with Gasteiger partial charge in [-0.15, -0.1) is 0 Å². The van der Waals surface area contributed by atoms with Crippen LogP contribution < -0.4 is 10.5 Å². The van der Waals surface area contributed by atoms with Crippen molar-refractivity contribution >= 4 is 11.6 Å². The third kappa shape index (κ3) is 3.61. The Hall–Kier alpha value is -0.770. The van der Waals surface area contributed by atoms with E-state index in [-0.39, 0.29) is 12.1 Å². The smallest absolute Gasteiger partial charge is 0.138 e. The largest absolute Gasteiger partial charge is 0.489 e. The first-order valence-electron chi connectivity index (χ1n) is 6.46. The van der Waals surface area contributed by atoms with E-state index in [2.05, 4.69) is 0 Å². The van der Waals surface area contributed by atoms with E-state index in [0.29, 0.717) is 17.4 Å². The van der Waals surface area contributed by atoms with Gasteiger partial charge < -0.3 is 15.2 Å². The molecule has 0 radical (unpaired) electrons. The van der Waals surface area contributed by atoms with Crippen LogP contribution in [0, 0.1) is 0 Å². The maximum Gasteiger partial charge on any atom is 0.138 e. The van der Waals surface area contributed by atoms with Crippen molar-refractivity contribution in [1.82, 2.24) is 0 Å². The lowest BCUT2D eigenvalue weighted by atomic mass is 10.1. The Kier molecular flexibility index (Phi) is 4.87. The Morgan fingerprint density at radius 1 is 1.50 bits per heavy atom. The van der Waals surface area contributed by atoms with Gasteiger partial charge in [-0.2, -0.15) is 0 Å². The Morgan fingerprint density at radius 2 is 2.33 bits per heavy atom. The molecule has 1 unspecified atom stereocenters. The molecule has 1 heterocycles. The van der Waals surface area contributed by atoms with E-state index in [1.807, 2.05) is 25.1 Å². The highest BCUT2D eigenvalue weighted by molar-refractivity contribution is 6.32. The van der Waals surface area contributed by atoms with Crippen LogP contribution >= 0.6 is 11.6 Å². The summed E-state index contributed by atoms with van der Waals surface area (Å²) in [5, 5.41) is 0.612. The maximum atomic E-state index is 6.17. The van der Waals surface area contributed by atoms with Crippen LogP contribution in [0.3, 0.4) is 0 Å². The zero-order valence-corrected chi connectivity index (χ0v) is 11.5. The standard InChI is InChI=1S/C14H20ClNO2/c1-10(16)11-5-6-14(13(15)8-11)18-9-12-4-2-3-7-17-12/h5-6,8,10,12H,2-4,7,9,16H2,1H3/t10-,12?/m1/s1. The topological polar surface area (TPSA) is 44.5 Å². The van der Waals surface area contributed by atoms with E-state index in [9.17, 15) is 0 Å². The molecule has 0 aliphatic carbocycles. The van der Waals surface area contributed by atoms with Crippen LogP contribution in [0.4, 0.5) is 0 Å². The number of benzene rings is 1. The van der Waals surface area contributed by atoms with Crippen molar-refractivity contribution in [3.05, 3.63) is 28.8 Å². The number of nitrogens with two attached hydrogens (primary N) is 1. The molecule has 1 saturated heterocycles. The number of halogens is 1. The molecule has 0 saturated carbocycles. The average Bonchev–Trinajstić information content (AvgIpc) is 2.38. The first-order chi connectivity index (χ1) is 8.66. The van der Waals surface area contributed by atoms with E-state index in [1.54, 1.807) is 0 Å². The van der Waals surface area contributed by atoms with Crippen LogP contribution in [-0.2, 0) is 4.74 Å². The summed E-state index contributed by atoms with van der Waals surface area (Å²) < 4.78 is 11.3. The minimum Gasteiger partial charge on any atom is -0.489 e. The molecule has 100 valence electrons. The molecule has 0 bridgehead atoms. The van der Waals surface area contributed by atoms with Crippen molar-refractivity contribution in [1.29, 1.82) is 0 Å². The molecule has 1 aromatic carbocycles. The average molecular weight is 270 g/mol. The molecule has 1 fully saturated rings. The van der Waals surface area contributed by atoms with Gasteiger partial charge in [-0.05, 0) is 43.9 Å². The molecular formula is C14H20ClNO2. The van der Waals surface area contributed by atoms with Crippen molar-refractivity contribution in [3.63, 3.8) is 0 Å². The van der Waals surface area contributed by atoms with Crippen molar-refractivity contribution < 1.29 is 9.47 Å². The lowest BCUT2D eigenvalue weighted by Gasteiger charge is -2.23. The summed E-state index contributed by atoms with van der Waals surface area (Å²) in [7, 11) is 0. The van der Waals surface area contributed by atoms with Crippen LogP contribution in [0.1, 0.15) is 37.8 Å². The van der Waals surface area contributed by atoms with E-state index >= 15 is 0 Å². The summed E-state index contributed by atoms with van der Waals surface area (Å²) in [6, 6.07) is 5.68. The van der Waals surface area contributed by atoms with Crippen molar-refractivity contribution in [2.24, 2.45) is 5.73 Å². The summed E-state index contributed by atoms with van der Waals surface area (Å²) >= 11 is 6.17. The summed E-state index contributed by atoms with van der Waals surface area (Å²) in [5.41, 5.74) is 6.82. The second-order valence-corrected chi connectivity index (χ2v) is 5.19. The fourth-order valence-corrected chi connectivity index (χ4v) is 2.28. The van der Waals surface area contributed by atoms with Crippen LogP contribution in [-0.4, -0.2) is 19.3 Å².